The topological polar surface area (TPSA) is 66.8 Å². The van der Waals surface area contributed by atoms with Gasteiger partial charge in [0.15, 0.2) is 0 Å². The van der Waals surface area contributed by atoms with Gasteiger partial charge in [-0.05, 0) is 18.2 Å². The van der Waals surface area contributed by atoms with Crippen molar-refractivity contribution in [2.75, 3.05) is 19.8 Å². The summed E-state index contributed by atoms with van der Waals surface area (Å²) in [5, 5.41) is 8.81. The van der Waals surface area contributed by atoms with Gasteiger partial charge in [0.25, 0.3) is 5.91 Å². The number of carboxylic acid groups (broad SMARTS) is 1. The van der Waals surface area contributed by atoms with E-state index in [1.807, 2.05) is 0 Å². The number of amides is 1. The summed E-state index contributed by atoms with van der Waals surface area (Å²) in [5.74, 6) is -3.37. The standard InChI is InChI=1S/C13H13F2NO4/c14-8-1-2-11(15)10(5-8)13(19)16-3-4-20-7-9(16)6-12(17)18/h1-2,5,9H,3-4,6-7H2,(H,17,18). The second-order valence-electron chi connectivity index (χ2n) is 4.45. The lowest BCUT2D eigenvalue weighted by molar-refractivity contribution is -0.139. The average molecular weight is 285 g/mol. The summed E-state index contributed by atoms with van der Waals surface area (Å²) in [5.41, 5.74) is -0.401. The van der Waals surface area contributed by atoms with Crippen molar-refractivity contribution in [1.29, 1.82) is 0 Å². The number of nitrogens with zero attached hydrogens (tertiary/aromatic N) is 1. The lowest BCUT2D eigenvalue weighted by Gasteiger charge is -2.34. The van der Waals surface area contributed by atoms with Crippen LogP contribution in [0.2, 0.25) is 0 Å². The van der Waals surface area contributed by atoms with Crippen LogP contribution in [0.25, 0.3) is 0 Å². The lowest BCUT2D eigenvalue weighted by atomic mass is 10.1. The average Bonchev–Trinajstić information content (AvgIpc) is 2.41. The molecule has 1 amide bonds. The molecule has 108 valence electrons. The maximum atomic E-state index is 13.6. The molecule has 1 aromatic carbocycles. The van der Waals surface area contributed by atoms with E-state index in [1.54, 1.807) is 0 Å². The smallest absolute Gasteiger partial charge is 0.305 e. The largest absolute Gasteiger partial charge is 0.481 e. The molecule has 1 fully saturated rings. The van der Waals surface area contributed by atoms with Crippen LogP contribution in [-0.2, 0) is 9.53 Å². The fourth-order valence-electron chi connectivity index (χ4n) is 2.11. The van der Waals surface area contributed by atoms with Gasteiger partial charge in [0.1, 0.15) is 11.6 Å². The van der Waals surface area contributed by atoms with Crippen LogP contribution < -0.4 is 0 Å². The van der Waals surface area contributed by atoms with Gasteiger partial charge in [0, 0.05) is 6.54 Å². The number of rotatable bonds is 3. The summed E-state index contributed by atoms with van der Waals surface area (Å²) in [7, 11) is 0. The Labute approximate surface area is 113 Å². The van der Waals surface area contributed by atoms with Gasteiger partial charge in [-0.3, -0.25) is 9.59 Å². The van der Waals surface area contributed by atoms with Crippen molar-refractivity contribution in [3.63, 3.8) is 0 Å². The van der Waals surface area contributed by atoms with Gasteiger partial charge in [0.05, 0.1) is 31.2 Å². The van der Waals surface area contributed by atoms with E-state index in [1.165, 1.54) is 4.90 Å². The zero-order chi connectivity index (χ0) is 14.7. The molecule has 1 unspecified atom stereocenters. The Morgan fingerprint density at radius 1 is 1.40 bits per heavy atom. The first-order valence-corrected chi connectivity index (χ1v) is 6.04. The van der Waals surface area contributed by atoms with Crippen LogP contribution in [0.1, 0.15) is 16.8 Å². The van der Waals surface area contributed by atoms with E-state index >= 15 is 0 Å². The Balaban J connectivity index is 2.25. The van der Waals surface area contributed by atoms with Crippen molar-refractivity contribution in [3.8, 4) is 0 Å². The fourth-order valence-corrected chi connectivity index (χ4v) is 2.11. The zero-order valence-electron chi connectivity index (χ0n) is 10.5. The van der Waals surface area contributed by atoms with Crippen molar-refractivity contribution >= 4 is 11.9 Å². The van der Waals surface area contributed by atoms with E-state index in [9.17, 15) is 18.4 Å². The van der Waals surface area contributed by atoms with Crippen LogP contribution >= 0.6 is 0 Å². The number of aliphatic carboxylic acids is 1. The first kappa shape index (κ1) is 14.4. The van der Waals surface area contributed by atoms with Crippen molar-refractivity contribution in [2.45, 2.75) is 12.5 Å². The third kappa shape index (κ3) is 3.11. The maximum absolute atomic E-state index is 13.6. The second-order valence-corrected chi connectivity index (χ2v) is 4.45. The fraction of sp³-hybridized carbons (Fsp3) is 0.385. The summed E-state index contributed by atoms with van der Waals surface area (Å²) >= 11 is 0. The molecule has 0 aromatic heterocycles. The number of carbonyl (C=O) groups is 2. The minimum absolute atomic E-state index is 0.0645. The molecule has 1 aromatic rings. The van der Waals surface area contributed by atoms with Crippen LogP contribution in [0.3, 0.4) is 0 Å². The summed E-state index contributed by atoms with van der Waals surface area (Å²) in [4.78, 5) is 24.2. The third-order valence-corrected chi connectivity index (χ3v) is 3.06. The highest BCUT2D eigenvalue weighted by atomic mass is 19.1. The molecule has 1 N–H and O–H groups in total. The number of hydrogen-bond donors (Lipinski definition) is 1. The predicted molar refractivity (Wildman–Crippen MR) is 64.3 cm³/mol. The molecule has 2 rings (SSSR count). The Bertz CT molecular complexity index is 535. The molecule has 0 saturated carbocycles. The normalized spacial score (nSPS) is 18.9. The number of halogens is 2. The number of ether oxygens (including phenoxy) is 1. The minimum Gasteiger partial charge on any atom is -0.481 e. The summed E-state index contributed by atoms with van der Waals surface area (Å²) < 4.78 is 31.9. The van der Waals surface area contributed by atoms with Gasteiger partial charge in [-0.1, -0.05) is 0 Å². The Kier molecular flexibility index (Phi) is 4.29. The van der Waals surface area contributed by atoms with Crippen LogP contribution in [0.4, 0.5) is 8.78 Å². The molecule has 0 aliphatic carbocycles. The van der Waals surface area contributed by atoms with E-state index in [-0.39, 0.29) is 26.2 Å². The number of benzene rings is 1. The Hall–Kier alpha value is -2.02. The molecule has 0 bridgehead atoms. The van der Waals surface area contributed by atoms with Crippen LogP contribution in [0.15, 0.2) is 18.2 Å². The highest BCUT2D eigenvalue weighted by Gasteiger charge is 2.31. The van der Waals surface area contributed by atoms with E-state index in [0.717, 1.165) is 18.2 Å². The van der Waals surface area contributed by atoms with E-state index < -0.39 is 35.1 Å². The number of morpholine rings is 1. The molecule has 0 radical (unpaired) electrons. The van der Waals surface area contributed by atoms with Crippen molar-refractivity contribution < 1.29 is 28.2 Å². The highest BCUT2D eigenvalue weighted by molar-refractivity contribution is 5.95. The second kappa shape index (κ2) is 5.96. The zero-order valence-corrected chi connectivity index (χ0v) is 10.5. The van der Waals surface area contributed by atoms with Crippen molar-refractivity contribution in [2.24, 2.45) is 0 Å². The molecular formula is C13H13F2NO4. The molecule has 1 saturated heterocycles. The van der Waals surface area contributed by atoms with Gasteiger partial charge in [-0.25, -0.2) is 8.78 Å². The van der Waals surface area contributed by atoms with Crippen LogP contribution in [0, 0.1) is 11.6 Å². The van der Waals surface area contributed by atoms with E-state index in [0.29, 0.717) is 0 Å². The van der Waals surface area contributed by atoms with Crippen molar-refractivity contribution in [3.05, 3.63) is 35.4 Å². The highest BCUT2D eigenvalue weighted by Crippen LogP contribution is 2.18. The summed E-state index contributed by atoms with van der Waals surface area (Å²) in [6.45, 7) is 0.445. The van der Waals surface area contributed by atoms with Crippen LogP contribution in [-0.4, -0.2) is 47.7 Å². The van der Waals surface area contributed by atoms with Gasteiger partial charge in [-0.15, -0.1) is 0 Å². The number of hydrogen-bond acceptors (Lipinski definition) is 3. The lowest BCUT2D eigenvalue weighted by Crippen LogP contribution is -2.49. The predicted octanol–water partition coefficient (Wildman–Crippen LogP) is 1.28. The molecule has 0 spiro atoms. The summed E-state index contributed by atoms with van der Waals surface area (Å²) in [6, 6.07) is 1.91. The van der Waals surface area contributed by atoms with E-state index in [2.05, 4.69) is 0 Å². The first-order chi connectivity index (χ1) is 9.49. The molecule has 7 heteroatoms. The first-order valence-electron chi connectivity index (χ1n) is 6.04. The van der Waals surface area contributed by atoms with Gasteiger partial charge in [-0.2, -0.15) is 0 Å². The van der Waals surface area contributed by atoms with Gasteiger partial charge in [0.2, 0.25) is 0 Å². The molecule has 5 nitrogen and oxygen atoms in total. The maximum Gasteiger partial charge on any atom is 0.305 e. The number of carbonyl (C=O) groups excluding carboxylic acids is 1. The monoisotopic (exact) mass is 285 g/mol. The van der Waals surface area contributed by atoms with Crippen molar-refractivity contribution in [1.82, 2.24) is 4.90 Å². The quantitative estimate of drug-likeness (QED) is 0.908. The van der Waals surface area contributed by atoms with E-state index in [4.69, 9.17) is 9.84 Å². The Morgan fingerprint density at radius 2 is 2.15 bits per heavy atom. The molecule has 1 aliphatic heterocycles. The molecule has 1 aliphatic rings. The summed E-state index contributed by atoms with van der Waals surface area (Å²) in [6.07, 6.45) is -0.303. The molecule has 1 atom stereocenters. The number of carboxylic acids is 1. The van der Waals surface area contributed by atoms with Crippen LogP contribution in [0.5, 0.6) is 0 Å². The molecule has 20 heavy (non-hydrogen) atoms. The Morgan fingerprint density at radius 3 is 2.85 bits per heavy atom. The molecule has 1 heterocycles. The third-order valence-electron chi connectivity index (χ3n) is 3.06. The SMILES string of the molecule is O=C(O)CC1COCCN1C(=O)c1cc(F)ccc1F. The van der Waals surface area contributed by atoms with Gasteiger partial charge < -0.3 is 14.7 Å². The minimum atomic E-state index is -1.09. The van der Waals surface area contributed by atoms with Gasteiger partial charge >= 0.3 is 5.97 Å². The molecular weight excluding hydrogens is 272 g/mol.